The van der Waals surface area contributed by atoms with Gasteiger partial charge in [0, 0.05) is 20.3 Å². The SMILES string of the molecule is CCCC(CN)CN1CCC(COC)CC1. The van der Waals surface area contributed by atoms with Gasteiger partial charge >= 0.3 is 0 Å². The average Bonchev–Trinajstić information content (AvgIpc) is 2.31. The van der Waals surface area contributed by atoms with E-state index in [0.717, 1.165) is 19.1 Å². The van der Waals surface area contributed by atoms with Crippen molar-refractivity contribution in [2.24, 2.45) is 17.6 Å². The minimum Gasteiger partial charge on any atom is -0.384 e. The highest BCUT2D eigenvalue weighted by Crippen LogP contribution is 2.19. The number of likely N-dealkylation sites (tertiary alicyclic amines) is 1. The molecule has 0 aromatic carbocycles. The van der Waals surface area contributed by atoms with Crippen molar-refractivity contribution in [3.8, 4) is 0 Å². The lowest BCUT2D eigenvalue weighted by Gasteiger charge is -2.33. The Morgan fingerprint density at radius 2 is 2.06 bits per heavy atom. The summed E-state index contributed by atoms with van der Waals surface area (Å²) in [5, 5.41) is 0. The monoisotopic (exact) mass is 228 g/mol. The lowest BCUT2D eigenvalue weighted by atomic mass is 9.96. The molecule has 1 heterocycles. The van der Waals surface area contributed by atoms with E-state index in [4.69, 9.17) is 10.5 Å². The van der Waals surface area contributed by atoms with Crippen LogP contribution in [0.4, 0.5) is 0 Å². The smallest absolute Gasteiger partial charge is 0.0491 e. The summed E-state index contributed by atoms with van der Waals surface area (Å²) in [7, 11) is 1.80. The average molecular weight is 228 g/mol. The van der Waals surface area contributed by atoms with Crippen molar-refractivity contribution in [1.82, 2.24) is 4.90 Å². The van der Waals surface area contributed by atoms with Gasteiger partial charge in [0.05, 0.1) is 0 Å². The van der Waals surface area contributed by atoms with Crippen LogP contribution in [0, 0.1) is 11.8 Å². The Morgan fingerprint density at radius 3 is 2.56 bits per heavy atom. The fourth-order valence-corrected chi connectivity index (χ4v) is 2.63. The van der Waals surface area contributed by atoms with Crippen LogP contribution in [0.5, 0.6) is 0 Å². The number of hydrogen-bond donors (Lipinski definition) is 1. The molecule has 2 N–H and O–H groups in total. The Bertz CT molecular complexity index is 167. The van der Waals surface area contributed by atoms with Gasteiger partial charge in [0.1, 0.15) is 0 Å². The fourth-order valence-electron chi connectivity index (χ4n) is 2.63. The van der Waals surface area contributed by atoms with Crippen LogP contribution in [-0.4, -0.2) is 44.8 Å². The lowest BCUT2D eigenvalue weighted by Crippen LogP contribution is -2.39. The van der Waals surface area contributed by atoms with E-state index in [1.165, 1.54) is 45.3 Å². The number of nitrogens with zero attached hydrogens (tertiary/aromatic N) is 1. The topological polar surface area (TPSA) is 38.5 Å². The van der Waals surface area contributed by atoms with E-state index in [9.17, 15) is 0 Å². The molecule has 0 aliphatic carbocycles. The van der Waals surface area contributed by atoms with Crippen molar-refractivity contribution in [2.75, 3.05) is 39.9 Å². The first kappa shape index (κ1) is 13.9. The van der Waals surface area contributed by atoms with E-state index in [0.29, 0.717) is 5.92 Å². The van der Waals surface area contributed by atoms with E-state index in [1.54, 1.807) is 7.11 Å². The summed E-state index contributed by atoms with van der Waals surface area (Å²) in [5.41, 5.74) is 5.80. The number of methoxy groups -OCH3 is 1. The number of rotatable bonds is 7. The zero-order chi connectivity index (χ0) is 11.8. The number of hydrogen-bond acceptors (Lipinski definition) is 3. The molecule has 16 heavy (non-hydrogen) atoms. The summed E-state index contributed by atoms with van der Waals surface area (Å²) in [6, 6.07) is 0. The van der Waals surface area contributed by atoms with E-state index < -0.39 is 0 Å². The Morgan fingerprint density at radius 1 is 1.38 bits per heavy atom. The number of nitrogens with two attached hydrogens (primary N) is 1. The maximum absolute atomic E-state index is 5.80. The van der Waals surface area contributed by atoms with Gasteiger partial charge in [-0.3, -0.25) is 0 Å². The van der Waals surface area contributed by atoms with Gasteiger partial charge in [-0.1, -0.05) is 13.3 Å². The molecule has 3 heteroatoms. The molecule has 96 valence electrons. The molecule has 0 bridgehead atoms. The maximum Gasteiger partial charge on any atom is 0.0491 e. The largest absolute Gasteiger partial charge is 0.384 e. The number of ether oxygens (including phenoxy) is 1. The molecular formula is C13H28N2O. The first-order valence-electron chi connectivity index (χ1n) is 6.71. The van der Waals surface area contributed by atoms with Crippen LogP contribution < -0.4 is 5.73 Å². The minimum absolute atomic E-state index is 0.698. The molecule has 0 aromatic rings. The van der Waals surface area contributed by atoms with Crippen molar-refractivity contribution in [1.29, 1.82) is 0 Å². The highest BCUT2D eigenvalue weighted by atomic mass is 16.5. The highest BCUT2D eigenvalue weighted by Gasteiger charge is 2.20. The first-order chi connectivity index (χ1) is 7.80. The van der Waals surface area contributed by atoms with Crippen LogP contribution >= 0.6 is 0 Å². The van der Waals surface area contributed by atoms with Gasteiger partial charge < -0.3 is 15.4 Å². The van der Waals surface area contributed by atoms with Crippen molar-refractivity contribution in [2.45, 2.75) is 32.6 Å². The third-order valence-corrected chi connectivity index (χ3v) is 3.66. The molecule has 1 saturated heterocycles. The highest BCUT2D eigenvalue weighted by molar-refractivity contribution is 4.74. The molecule has 0 aromatic heterocycles. The molecule has 0 spiro atoms. The van der Waals surface area contributed by atoms with Crippen molar-refractivity contribution in [3.05, 3.63) is 0 Å². The van der Waals surface area contributed by atoms with Gasteiger partial charge in [-0.2, -0.15) is 0 Å². The van der Waals surface area contributed by atoms with E-state index in [2.05, 4.69) is 11.8 Å². The molecule has 1 aliphatic heterocycles. The minimum atomic E-state index is 0.698. The molecule has 0 amide bonds. The van der Waals surface area contributed by atoms with Crippen molar-refractivity contribution >= 4 is 0 Å². The Kier molecular flexibility index (Phi) is 7.01. The molecule has 1 rings (SSSR count). The van der Waals surface area contributed by atoms with Gasteiger partial charge in [0.15, 0.2) is 0 Å². The first-order valence-corrected chi connectivity index (χ1v) is 6.71. The fraction of sp³-hybridized carbons (Fsp3) is 1.00. The Balaban J connectivity index is 2.20. The number of piperidine rings is 1. The van der Waals surface area contributed by atoms with Crippen LogP contribution in [0.1, 0.15) is 32.6 Å². The molecular weight excluding hydrogens is 200 g/mol. The molecule has 0 saturated carbocycles. The van der Waals surface area contributed by atoms with Gasteiger partial charge in [0.2, 0.25) is 0 Å². The Hall–Kier alpha value is -0.120. The molecule has 0 radical (unpaired) electrons. The quantitative estimate of drug-likeness (QED) is 0.721. The summed E-state index contributed by atoms with van der Waals surface area (Å²) in [4.78, 5) is 2.58. The van der Waals surface area contributed by atoms with Crippen molar-refractivity contribution in [3.63, 3.8) is 0 Å². The summed E-state index contributed by atoms with van der Waals surface area (Å²) < 4.78 is 5.22. The zero-order valence-corrected chi connectivity index (χ0v) is 11.0. The summed E-state index contributed by atoms with van der Waals surface area (Å²) >= 11 is 0. The molecule has 1 unspecified atom stereocenters. The Labute approximate surface area is 100 Å². The molecule has 1 aliphatic rings. The van der Waals surface area contributed by atoms with Gasteiger partial charge in [0.25, 0.3) is 0 Å². The van der Waals surface area contributed by atoms with E-state index >= 15 is 0 Å². The second-order valence-corrected chi connectivity index (χ2v) is 5.09. The predicted molar refractivity (Wildman–Crippen MR) is 68.5 cm³/mol. The normalized spacial score (nSPS) is 21.2. The third-order valence-electron chi connectivity index (χ3n) is 3.66. The zero-order valence-electron chi connectivity index (χ0n) is 11.0. The second-order valence-electron chi connectivity index (χ2n) is 5.09. The van der Waals surface area contributed by atoms with Crippen LogP contribution in [0.25, 0.3) is 0 Å². The van der Waals surface area contributed by atoms with E-state index in [-0.39, 0.29) is 0 Å². The summed E-state index contributed by atoms with van der Waals surface area (Å²) in [6.07, 6.45) is 5.10. The third kappa shape index (κ3) is 4.81. The van der Waals surface area contributed by atoms with Gasteiger partial charge in [-0.25, -0.2) is 0 Å². The van der Waals surface area contributed by atoms with Gasteiger partial charge in [-0.15, -0.1) is 0 Å². The van der Waals surface area contributed by atoms with Gasteiger partial charge in [-0.05, 0) is 50.7 Å². The summed E-state index contributed by atoms with van der Waals surface area (Å²) in [5.74, 6) is 1.48. The molecule has 1 atom stereocenters. The maximum atomic E-state index is 5.80. The summed E-state index contributed by atoms with van der Waals surface area (Å²) in [6.45, 7) is 7.68. The molecule has 1 fully saturated rings. The van der Waals surface area contributed by atoms with Crippen LogP contribution in [-0.2, 0) is 4.74 Å². The predicted octanol–water partition coefficient (Wildman–Crippen LogP) is 1.72. The second kappa shape index (κ2) is 8.04. The van der Waals surface area contributed by atoms with Crippen LogP contribution in [0.15, 0.2) is 0 Å². The van der Waals surface area contributed by atoms with E-state index in [1.807, 2.05) is 0 Å². The van der Waals surface area contributed by atoms with Crippen LogP contribution in [0.2, 0.25) is 0 Å². The van der Waals surface area contributed by atoms with Crippen molar-refractivity contribution < 1.29 is 4.74 Å². The lowest BCUT2D eigenvalue weighted by molar-refractivity contribution is 0.0922. The molecule has 3 nitrogen and oxygen atoms in total. The van der Waals surface area contributed by atoms with Crippen LogP contribution in [0.3, 0.4) is 0 Å². The standard InChI is InChI=1S/C13H28N2O/c1-3-4-13(9-14)10-15-7-5-12(6-8-15)11-16-2/h12-13H,3-11,14H2,1-2H3.